The van der Waals surface area contributed by atoms with E-state index in [0.29, 0.717) is 5.41 Å². The van der Waals surface area contributed by atoms with Crippen LogP contribution in [0.4, 0.5) is 0 Å². The first-order valence-electron chi connectivity index (χ1n) is 5.70. The zero-order valence-electron chi connectivity index (χ0n) is 9.15. The molecule has 0 bridgehead atoms. The number of thiophene rings is 1. The molecule has 1 nitrogen and oxygen atoms in total. The normalized spacial score (nSPS) is 17.3. The molecule has 1 aliphatic rings. The Morgan fingerprint density at radius 1 is 1.06 bits per heavy atom. The van der Waals surface area contributed by atoms with E-state index in [2.05, 4.69) is 42.5 Å². The van der Waals surface area contributed by atoms with Gasteiger partial charge in [-0.3, -0.25) is 0 Å². The van der Waals surface area contributed by atoms with Gasteiger partial charge in [0.1, 0.15) is 0 Å². The second kappa shape index (κ2) is 3.72. The molecule has 0 atom stereocenters. The molecular formula is C14H15NS. The third-order valence-corrected chi connectivity index (χ3v) is 4.81. The van der Waals surface area contributed by atoms with Crippen molar-refractivity contribution >= 4 is 11.3 Å². The van der Waals surface area contributed by atoms with Crippen LogP contribution < -0.4 is 5.73 Å². The minimum absolute atomic E-state index is 0.331. The zero-order valence-corrected chi connectivity index (χ0v) is 9.96. The molecule has 1 aliphatic carbocycles. The van der Waals surface area contributed by atoms with Crippen molar-refractivity contribution in [3.63, 3.8) is 0 Å². The van der Waals surface area contributed by atoms with Gasteiger partial charge in [0.25, 0.3) is 0 Å². The number of nitrogens with two attached hydrogens (primary N) is 1. The van der Waals surface area contributed by atoms with Crippen LogP contribution in [0.15, 0.2) is 42.5 Å². The van der Waals surface area contributed by atoms with Crippen molar-refractivity contribution in [2.24, 2.45) is 5.73 Å². The molecule has 0 amide bonds. The standard InChI is InChI=1S/C14H15NS/c15-10-14(8-9-14)13-7-6-12(16-13)11-4-2-1-3-5-11/h1-7H,8-10,15H2. The monoisotopic (exact) mass is 229 g/mol. The van der Waals surface area contributed by atoms with E-state index in [1.807, 2.05) is 11.3 Å². The van der Waals surface area contributed by atoms with Gasteiger partial charge in [0.2, 0.25) is 0 Å². The smallest absolute Gasteiger partial charge is 0.0345 e. The summed E-state index contributed by atoms with van der Waals surface area (Å²) in [5.41, 5.74) is 7.50. The predicted octanol–water partition coefficient (Wildman–Crippen LogP) is 3.41. The van der Waals surface area contributed by atoms with Crippen molar-refractivity contribution in [3.05, 3.63) is 47.3 Å². The molecule has 2 aromatic rings. The van der Waals surface area contributed by atoms with Crippen LogP contribution in [0.3, 0.4) is 0 Å². The molecule has 1 aromatic carbocycles. The van der Waals surface area contributed by atoms with Gasteiger partial charge in [0, 0.05) is 21.7 Å². The average molecular weight is 229 g/mol. The minimum Gasteiger partial charge on any atom is -0.330 e. The van der Waals surface area contributed by atoms with Crippen molar-refractivity contribution in [2.75, 3.05) is 6.54 Å². The number of hydrogen-bond acceptors (Lipinski definition) is 2. The van der Waals surface area contributed by atoms with E-state index in [-0.39, 0.29) is 0 Å². The van der Waals surface area contributed by atoms with Gasteiger partial charge < -0.3 is 5.73 Å². The van der Waals surface area contributed by atoms with Gasteiger partial charge in [-0.2, -0.15) is 0 Å². The fourth-order valence-corrected chi connectivity index (χ4v) is 3.35. The lowest BCUT2D eigenvalue weighted by Crippen LogP contribution is -2.18. The first kappa shape index (κ1) is 10.1. The third-order valence-electron chi connectivity index (χ3n) is 3.43. The topological polar surface area (TPSA) is 26.0 Å². The van der Waals surface area contributed by atoms with Crippen LogP contribution in [0.25, 0.3) is 10.4 Å². The first-order chi connectivity index (χ1) is 7.84. The average Bonchev–Trinajstić information content (AvgIpc) is 3.00. The molecule has 1 aromatic heterocycles. The van der Waals surface area contributed by atoms with E-state index in [1.165, 1.54) is 28.2 Å². The number of hydrogen-bond donors (Lipinski definition) is 1. The Morgan fingerprint density at radius 2 is 1.81 bits per heavy atom. The van der Waals surface area contributed by atoms with Crippen molar-refractivity contribution in [1.29, 1.82) is 0 Å². The molecule has 1 heterocycles. The Balaban J connectivity index is 1.94. The van der Waals surface area contributed by atoms with Gasteiger partial charge in [0.15, 0.2) is 0 Å². The summed E-state index contributed by atoms with van der Waals surface area (Å²) in [5.74, 6) is 0. The summed E-state index contributed by atoms with van der Waals surface area (Å²) in [6.07, 6.45) is 2.52. The summed E-state index contributed by atoms with van der Waals surface area (Å²) in [6, 6.07) is 15.0. The fourth-order valence-electron chi connectivity index (χ4n) is 2.08. The quantitative estimate of drug-likeness (QED) is 0.857. The molecule has 1 saturated carbocycles. The highest BCUT2D eigenvalue weighted by Crippen LogP contribution is 2.50. The fraction of sp³-hybridized carbons (Fsp3) is 0.286. The Morgan fingerprint density at radius 3 is 2.44 bits per heavy atom. The molecule has 0 saturated heterocycles. The van der Waals surface area contributed by atoms with Gasteiger partial charge in [-0.25, -0.2) is 0 Å². The van der Waals surface area contributed by atoms with Gasteiger partial charge in [-0.15, -0.1) is 11.3 Å². The molecule has 0 aliphatic heterocycles. The van der Waals surface area contributed by atoms with Crippen LogP contribution in [0, 0.1) is 0 Å². The number of benzene rings is 1. The molecule has 0 spiro atoms. The number of rotatable bonds is 3. The van der Waals surface area contributed by atoms with Crippen molar-refractivity contribution < 1.29 is 0 Å². The summed E-state index contributed by atoms with van der Waals surface area (Å²) >= 11 is 1.90. The molecule has 3 rings (SSSR count). The van der Waals surface area contributed by atoms with Crippen molar-refractivity contribution in [3.8, 4) is 10.4 Å². The Hall–Kier alpha value is -1.12. The molecule has 82 valence electrons. The van der Waals surface area contributed by atoms with Crippen LogP contribution in [-0.4, -0.2) is 6.54 Å². The minimum atomic E-state index is 0.331. The third kappa shape index (κ3) is 1.58. The van der Waals surface area contributed by atoms with E-state index in [1.54, 1.807) is 0 Å². The van der Waals surface area contributed by atoms with Gasteiger partial charge in [0.05, 0.1) is 0 Å². The summed E-state index contributed by atoms with van der Waals surface area (Å²) in [4.78, 5) is 2.82. The Bertz CT molecular complexity index is 482. The summed E-state index contributed by atoms with van der Waals surface area (Å²) in [7, 11) is 0. The maximum absolute atomic E-state index is 5.86. The molecule has 2 N–H and O–H groups in total. The van der Waals surface area contributed by atoms with E-state index in [4.69, 9.17) is 5.73 Å². The highest BCUT2D eigenvalue weighted by Gasteiger charge is 2.43. The van der Waals surface area contributed by atoms with Gasteiger partial charge in [-0.1, -0.05) is 30.3 Å². The van der Waals surface area contributed by atoms with Crippen LogP contribution >= 0.6 is 11.3 Å². The van der Waals surface area contributed by atoms with E-state index < -0.39 is 0 Å². The molecular weight excluding hydrogens is 214 g/mol. The molecule has 16 heavy (non-hydrogen) atoms. The van der Waals surface area contributed by atoms with Gasteiger partial charge in [-0.05, 0) is 30.5 Å². The highest BCUT2D eigenvalue weighted by atomic mass is 32.1. The van der Waals surface area contributed by atoms with Crippen molar-refractivity contribution in [1.82, 2.24) is 0 Å². The van der Waals surface area contributed by atoms with E-state index >= 15 is 0 Å². The first-order valence-corrected chi connectivity index (χ1v) is 6.52. The van der Waals surface area contributed by atoms with Crippen LogP contribution in [0.2, 0.25) is 0 Å². The largest absolute Gasteiger partial charge is 0.330 e. The second-order valence-corrected chi connectivity index (χ2v) is 5.60. The SMILES string of the molecule is NCC1(c2ccc(-c3ccccc3)s2)CC1. The van der Waals surface area contributed by atoms with E-state index in [0.717, 1.165) is 6.54 Å². The summed E-state index contributed by atoms with van der Waals surface area (Å²) in [6.45, 7) is 0.793. The molecule has 0 unspecified atom stereocenters. The Kier molecular flexibility index (Phi) is 2.34. The van der Waals surface area contributed by atoms with Crippen LogP contribution in [-0.2, 0) is 5.41 Å². The zero-order chi connectivity index (χ0) is 11.0. The maximum atomic E-state index is 5.86. The van der Waals surface area contributed by atoms with Crippen LogP contribution in [0.1, 0.15) is 17.7 Å². The lowest BCUT2D eigenvalue weighted by atomic mass is 10.1. The maximum Gasteiger partial charge on any atom is 0.0345 e. The molecule has 0 radical (unpaired) electrons. The highest BCUT2D eigenvalue weighted by molar-refractivity contribution is 7.15. The molecule has 2 heteroatoms. The second-order valence-electron chi connectivity index (χ2n) is 4.51. The lowest BCUT2D eigenvalue weighted by molar-refractivity contribution is 0.720. The predicted molar refractivity (Wildman–Crippen MR) is 69.7 cm³/mol. The summed E-state index contributed by atoms with van der Waals surface area (Å²) in [5, 5.41) is 0. The van der Waals surface area contributed by atoms with E-state index in [9.17, 15) is 0 Å². The lowest BCUT2D eigenvalue weighted by Gasteiger charge is -2.08. The summed E-state index contributed by atoms with van der Waals surface area (Å²) < 4.78 is 0. The van der Waals surface area contributed by atoms with Gasteiger partial charge >= 0.3 is 0 Å². The Labute approximate surface area is 99.9 Å². The van der Waals surface area contributed by atoms with Crippen molar-refractivity contribution in [2.45, 2.75) is 18.3 Å². The van der Waals surface area contributed by atoms with Crippen LogP contribution in [0.5, 0.6) is 0 Å². The molecule has 1 fully saturated rings.